The Morgan fingerprint density at radius 1 is 1.06 bits per heavy atom. The van der Waals surface area contributed by atoms with Crippen LogP contribution in [0, 0.1) is 0 Å². The lowest BCUT2D eigenvalue weighted by Crippen LogP contribution is -2.09. The number of hydrogen-bond donors (Lipinski definition) is 2. The van der Waals surface area contributed by atoms with Crippen LogP contribution in [0.15, 0.2) is 34.9 Å². The van der Waals surface area contributed by atoms with Gasteiger partial charge in [0.25, 0.3) is 0 Å². The van der Waals surface area contributed by atoms with E-state index in [1.54, 1.807) is 6.07 Å². The van der Waals surface area contributed by atoms with Gasteiger partial charge in [0.2, 0.25) is 12.7 Å². The summed E-state index contributed by atoms with van der Waals surface area (Å²) in [5, 5.41) is 16.8. The minimum absolute atomic E-state index is 0.0564. The quantitative estimate of drug-likeness (QED) is 0.484. The molecule has 2 aliphatic rings. The normalized spacial score (nSPS) is 15.1. The van der Waals surface area contributed by atoms with E-state index >= 15 is 0 Å². The molecule has 1 unspecified atom stereocenters. The Labute approximate surface area is 196 Å². The summed E-state index contributed by atoms with van der Waals surface area (Å²) < 4.78 is 21.9. The molecule has 10 nitrogen and oxygen atoms in total. The number of anilines is 1. The zero-order chi connectivity index (χ0) is 23.3. The van der Waals surface area contributed by atoms with E-state index in [4.69, 9.17) is 18.7 Å². The first kappa shape index (κ1) is 22.0. The molecule has 0 spiro atoms. The fraction of sp³-hybridized carbons (Fsp3) is 0.417. The molecule has 1 aromatic carbocycles. The van der Waals surface area contributed by atoms with E-state index in [-0.39, 0.29) is 19.1 Å². The van der Waals surface area contributed by atoms with Gasteiger partial charge in [0.1, 0.15) is 0 Å². The first-order chi connectivity index (χ1) is 16.6. The number of pyridine rings is 1. The van der Waals surface area contributed by atoms with Crippen molar-refractivity contribution in [3.63, 3.8) is 0 Å². The lowest BCUT2D eigenvalue weighted by molar-refractivity contribution is -0.137. The zero-order valence-corrected chi connectivity index (χ0v) is 18.7. The Kier molecular flexibility index (Phi) is 6.46. The van der Waals surface area contributed by atoms with E-state index in [1.807, 2.05) is 24.3 Å². The van der Waals surface area contributed by atoms with Gasteiger partial charge in [0.05, 0.1) is 13.0 Å². The van der Waals surface area contributed by atoms with Gasteiger partial charge in [0.15, 0.2) is 28.9 Å². The molecule has 178 valence electrons. The number of aryl methyl sites for hydroxylation is 2. The summed E-state index contributed by atoms with van der Waals surface area (Å²) in [5.41, 5.74) is 1.81. The van der Waals surface area contributed by atoms with Crippen molar-refractivity contribution in [3.8, 4) is 17.2 Å². The van der Waals surface area contributed by atoms with Crippen LogP contribution in [0.1, 0.15) is 48.2 Å². The number of aliphatic carboxylic acids is 1. The molecule has 10 heteroatoms. The van der Waals surface area contributed by atoms with Gasteiger partial charge < -0.3 is 29.2 Å². The summed E-state index contributed by atoms with van der Waals surface area (Å²) in [7, 11) is 0. The lowest BCUT2D eigenvalue weighted by atomic mass is 9.92. The first-order valence-electron chi connectivity index (χ1n) is 11.4. The lowest BCUT2D eigenvalue weighted by Gasteiger charge is -2.13. The maximum absolute atomic E-state index is 11.5. The SMILES string of the molecule is O=C(O)CC(Cc1nc(CCCc2ccc3c(n2)NCCCO3)no1)c1ccc2c(c1)OCO2. The molecule has 0 amide bonds. The van der Waals surface area contributed by atoms with Crippen LogP contribution in [-0.2, 0) is 24.1 Å². The van der Waals surface area contributed by atoms with Crippen LogP contribution in [0.5, 0.6) is 17.2 Å². The maximum atomic E-state index is 11.5. The van der Waals surface area contributed by atoms with Crippen molar-refractivity contribution in [1.29, 1.82) is 0 Å². The second-order valence-electron chi connectivity index (χ2n) is 8.35. The maximum Gasteiger partial charge on any atom is 0.303 e. The van der Waals surface area contributed by atoms with Crippen molar-refractivity contribution in [2.24, 2.45) is 0 Å². The van der Waals surface area contributed by atoms with Crippen LogP contribution in [0.2, 0.25) is 0 Å². The summed E-state index contributed by atoms with van der Waals surface area (Å²) in [6.07, 6.45) is 3.45. The van der Waals surface area contributed by atoms with Gasteiger partial charge in [-0.05, 0) is 49.1 Å². The molecule has 0 radical (unpaired) electrons. The molecule has 2 N–H and O–H groups in total. The van der Waals surface area contributed by atoms with E-state index < -0.39 is 5.97 Å². The number of fused-ring (bicyclic) bond motifs is 2. The van der Waals surface area contributed by atoms with E-state index in [9.17, 15) is 9.90 Å². The van der Waals surface area contributed by atoms with Crippen molar-refractivity contribution in [2.75, 3.05) is 25.3 Å². The highest BCUT2D eigenvalue weighted by atomic mass is 16.7. The molecule has 0 saturated carbocycles. The molecule has 0 fully saturated rings. The average molecular weight is 466 g/mol. The van der Waals surface area contributed by atoms with Crippen LogP contribution < -0.4 is 19.5 Å². The third-order valence-corrected chi connectivity index (χ3v) is 5.84. The number of carboxylic acid groups (broad SMARTS) is 1. The summed E-state index contributed by atoms with van der Waals surface area (Å²) in [6, 6.07) is 9.41. The average Bonchev–Trinajstić information content (AvgIpc) is 3.41. The van der Waals surface area contributed by atoms with Crippen molar-refractivity contribution in [1.82, 2.24) is 15.1 Å². The first-order valence-corrected chi connectivity index (χ1v) is 11.4. The summed E-state index contributed by atoms with van der Waals surface area (Å²) >= 11 is 0. The molecule has 1 atom stereocenters. The third-order valence-electron chi connectivity index (χ3n) is 5.84. The topological polar surface area (TPSA) is 129 Å². The Morgan fingerprint density at radius 2 is 1.94 bits per heavy atom. The zero-order valence-electron chi connectivity index (χ0n) is 18.7. The monoisotopic (exact) mass is 466 g/mol. The van der Waals surface area contributed by atoms with E-state index in [0.717, 1.165) is 48.6 Å². The number of carboxylic acids is 1. The largest absolute Gasteiger partial charge is 0.490 e. The van der Waals surface area contributed by atoms with Gasteiger partial charge in [-0.15, -0.1) is 0 Å². The second kappa shape index (κ2) is 9.98. The second-order valence-corrected chi connectivity index (χ2v) is 8.35. The molecule has 34 heavy (non-hydrogen) atoms. The van der Waals surface area contributed by atoms with E-state index in [2.05, 4.69) is 20.4 Å². The highest BCUT2D eigenvalue weighted by Gasteiger charge is 2.23. The molecular weight excluding hydrogens is 440 g/mol. The third kappa shape index (κ3) is 5.22. The van der Waals surface area contributed by atoms with Crippen LogP contribution >= 0.6 is 0 Å². The summed E-state index contributed by atoms with van der Waals surface area (Å²) in [4.78, 5) is 20.6. The molecule has 4 heterocycles. The van der Waals surface area contributed by atoms with Gasteiger partial charge in [-0.1, -0.05) is 11.2 Å². The smallest absolute Gasteiger partial charge is 0.303 e. The van der Waals surface area contributed by atoms with Crippen molar-refractivity contribution in [3.05, 3.63) is 53.3 Å². The number of rotatable bonds is 9. The minimum atomic E-state index is -0.893. The number of nitrogens with one attached hydrogen (secondary N) is 1. The van der Waals surface area contributed by atoms with Crippen LogP contribution in [0.4, 0.5) is 5.82 Å². The Hall–Kier alpha value is -3.82. The number of ether oxygens (including phenoxy) is 3. The van der Waals surface area contributed by atoms with Crippen molar-refractivity contribution in [2.45, 2.75) is 44.4 Å². The number of hydrogen-bond acceptors (Lipinski definition) is 9. The van der Waals surface area contributed by atoms with Gasteiger partial charge in [-0.25, -0.2) is 4.98 Å². The van der Waals surface area contributed by atoms with Crippen LogP contribution in [0.25, 0.3) is 0 Å². The van der Waals surface area contributed by atoms with Gasteiger partial charge >= 0.3 is 5.97 Å². The molecular formula is C24H26N4O6. The highest BCUT2D eigenvalue weighted by molar-refractivity contribution is 5.68. The van der Waals surface area contributed by atoms with E-state index in [1.165, 1.54) is 0 Å². The number of nitrogens with zero attached hydrogens (tertiary/aromatic N) is 3. The van der Waals surface area contributed by atoms with Gasteiger partial charge in [-0.3, -0.25) is 4.79 Å². The molecule has 0 aliphatic carbocycles. The standard InChI is InChI=1S/C24H26N4O6/c29-23(30)13-16(15-5-7-18-20(11-15)33-14-32-18)12-22-27-21(28-34-22)4-1-3-17-6-8-19-24(26-17)25-9-2-10-31-19/h5-8,11,16H,1-4,9-10,12-14H2,(H,25,26)(H,29,30). The van der Waals surface area contributed by atoms with Gasteiger partial charge in [-0.2, -0.15) is 4.98 Å². The van der Waals surface area contributed by atoms with Crippen LogP contribution in [0.3, 0.4) is 0 Å². The summed E-state index contributed by atoms with van der Waals surface area (Å²) in [5.74, 6) is 2.67. The molecule has 0 bridgehead atoms. The fourth-order valence-electron chi connectivity index (χ4n) is 4.13. The molecule has 2 aliphatic heterocycles. The highest BCUT2D eigenvalue weighted by Crippen LogP contribution is 2.36. The molecule has 0 saturated heterocycles. The number of carbonyl (C=O) groups is 1. The van der Waals surface area contributed by atoms with Crippen molar-refractivity contribution >= 4 is 11.8 Å². The summed E-state index contributed by atoms with van der Waals surface area (Å²) in [6.45, 7) is 1.72. The Bertz CT molecular complexity index is 1160. The van der Waals surface area contributed by atoms with Gasteiger partial charge in [0, 0.05) is 31.0 Å². The van der Waals surface area contributed by atoms with Crippen molar-refractivity contribution < 1.29 is 28.6 Å². The Morgan fingerprint density at radius 3 is 2.85 bits per heavy atom. The predicted octanol–water partition coefficient (Wildman–Crippen LogP) is 3.36. The fourth-order valence-corrected chi connectivity index (χ4v) is 4.13. The Balaban J connectivity index is 1.19. The molecule has 2 aromatic heterocycles. The predicted molar refractivity (Wildman–Crippen MR) is 120 cm³/mol. The number of benzene rings is 1. The number of aromatic nitrogens is 3. The van der Waals surface area contributed by atoms with Crippen LogP contribution in [-0.4, -0.2) is 46.1 Å². The minimum Gasteiger partial charge on any atom is -0.490 e. The molecule has 3 aromatic rings. The van der Waals surface area contributed by atoms with E-state index in [0.29, 0.717) is 42.7 Å². The molecule has 5 rings (SSSR count).